The molecule has 3 rings (SSSR count). The predicted molar refractivity (Wildman–Crippen MR) is 98.1 cm³/mol. The molecule has 1 unspecified atom stereocenters. The smallest absolute Gasteiger partial charge is 0.168 e. The van der Waals surface area contributed by atoms with E-state index in [9.17, 15) is 4.79 Å². The molecule has 0 saturated heterocycles. The van der Waals surface area contributed by atoms with Crippen molar-refractivity contribution in [2.75, 3.05) is 13.2 Å². The molecule has 126 valence electrons. The van der Waals surface area contributed by atoms with Crippen molar-refractivity contribution in [2.45, 2.75) is 32.7 Å². The highest BCUT2D eigenvalue weighted by Crippen LogP contribution is 2.29. The number of hydrogen-bond donors (Lipinski definition) is 1. The van der Waals surface area contributed by atoms with Crippen molar-refractivity contribution >= 4 is 23.0 Å². The van der Waals surface area contributed by atoms with Crippen LogP contribution in [0.5, 0.6) is 0 Å². The molecule has 24 heavy (non-hydrogen) atoms. The molecule has 1 aromatic heterocycles. The van der Waals surface area contributed by atoms with Crippen LogP contribution in [0, 0.1) is 13.8 Å². The lowest BCUT2D eigenvalue weighted by molar-refractivity contribution is 0.0992. The molecule has 0 radical (unpaired) electrons. The van der Waals surface area contributed by atoms with Gasteiger partial charge in [-0.15, -0.1) is 11.3 Å². The van der Waals surface area contributed by atoms with Gasteiger partial charge in [-0.05, 0) is 38.0 Å². The molecule has 1 atom stereocenters. The number of nitrogens with two attached hydrogens (primary N) is 1. The number of benzene rings is 1. The van der Waals surface area contributed by atoms with E-state index in [2.05, 4.69) is 4.99 Å². The summed E-state index contributed by atoms with van der Waals surface area (Å²) in [5.74, 6) is 0.664. The van der Waals surface area contributed by atoms with Gasteiger partial charge in [0.2, 0.25) is 0 Å². The number of carbonyl (C=O) groups excluding carboxylic acids is 1. The van der Waals surface area contributed by atoms with Crippen molar-refractivity contribution in [3.63, 3.8) is 0 Å². The second-order valence-corrected chi connectivity index (χ2v) is 7.96. The minimum atomic E-state index is -0.490. The standard InChI is InChI=1S/C19H22N2O2S/c1-12-7-16(13(2)24-12)17(22)9-14-5-4-6-15(8-14)19(3)11-23-10-18(20)21-19/h4-8H,9-11H2,1-3H3,(H2,20,21). The summed E-state index contributed by atoms with van der Waals surface area (Å²) in [4.78, 5) is 19.4. The van der Waals surface area contributed by atoms with Gasteiger partial charge in [0, 0.05) is 21.7 Å². The lowest BCUT2D eigenvalue weighted by Crippen LogP contribution is -2.37. The molecule has 0 aliphatic carbocycles. The number of rotatable bonds is 4. The van der Waals surface area contributed by atoms with Crippen LogP contribution in [-0.2, 0) is 16.7 Å². The minimum absolute atomic E-state index is 0.155. The van der Waals surface area contributed by atoms with Crippen molar-refractivity contribution in [1.29, 1.82) is 0 Å². The first kappa shape index (κ1) is 16.9. The largest absolute Gasteiger partial charge is 0.386 e. The number of carbonyl (C=O) groups is 1. The van der Waals surface area contributed by atoms with Gasteiger partial charge >= 0.3 is 0 Å². The van der Waals surface area contributed by atoms with Crippen LogP contribution in [0.25, 0.3) is 0 Å². The van der Waals surface area contributed by atoms with E-state index in [0.29, 0.717) is 25.5 Å². The third-order valence-electron chi connectivity index (χ3n) is 4.28. The second-order valence-electron chi connectivity index (χ2n) is 6.50. The molecule has 2 aromatic rings. The van der Waals surface area contributed by atoms with Crippen molar-refractivity contribution in [3.05, 3.63) is 56.8 Å². The first-order valence-corrected chi connectivity index (χ1v) is 8.81. The average Bonchev–Trinajstić information content (AvgIpc) is 2.86. The molecule has 0 saturated carbocycles. The highest BCUT2D eigenvalue weighted by atomic mass is 32.1. The molecular weight excluding hydrogens is 320 g/mol. The maximum absolute atomic E-state index is 12.6. The summed E-state index contributed by atoms with van der Waals surface area (Å²) in [6.07, 6.45) is 0.390. The van der Waals surface area contributed by atoms with E-state index >= 15 is 0 Å². The Kier molecular flexibility index (Phi) is 4.56. The van der Waals surface area contributed by atoms with Crippen molar-refractivity contribution in [1.82, 2.24) is 0 Å². The Balaban J connectivity index is 1.85. The molecular formula is C19H22N2O2S. The van der Waals surface area contributed by atoms with Gasteiger partial charge in [-0.2, -0.15) is 0 Å². The summed E-state index contributed by atoms with van der Waals surface area (Å²) < 4.78 is 5.54. The molecule has 0 fully saturated rings. The fourth-order valence-electron chi connectivity index (χ4n) is 3.09. The SMILES string of the molecule is Cc1cc(C(=O)Cc2cccc(C3(C)COCC(N)=N3)c2)c(C)s1. The third-order valence-corrected chi connectivity index (χ3v) is 5.24. The van der Waals surface area contributed by atoms with E-state index in [4.69, 9.17) is 10.5 Å². The number of thiophene rings is 1. The number of hydrogen-bond acceptors (Lipinski definition) is 5. The molecule has 0 amide bonds. The Labute approximate surface area is 146 Å². The zero-order valence-electron chi connectivity index (χ0n) is 14.3. The molecule has 1 aliphatic rings. The Bertz CT molecular complexity index is 809. The van der Waals surface area contributed by atoms with Crippen molar-refractivity contribution in [3.8, 4) is 0 Å². The van der Waals surface area contributed by atoms with Crippen LogP contribution in [-0.4, -0.2) is 24.8 Å². The summed E-state index contributed by atoms with van der Waals surface area (Å²) in [5.41, 5.74) is 8.18. The average molecular weight is 342 g/mol. The van der Waals surface area contributed by atoms with Crippen molar-refractivity contribution in [2.24, 2.45) is 10.7 Å². The van der Waals surface area contributed by atoms with Crippen LogP contribution in [0.15, 0.2) is 35.3 Å². The number of aliphatic imine (C=N–C) groups is 1. The van der Waals surface area contributed by atoms with E-state index in [0.717, 1.165) is 21.6 Å². The lowest BCUT2D eigenvalue weighted by Gasteiger charge is -2.30. The first-order chi connectivity index (χ1) is 11.4. The van der Waals surface area contributed by atoms with Crippen molar-refractivity contribution < 1.29 is 9.53 Å². The highest BCUT2D eigenvalue weighted by Gasteiger charge is 2.30. The van der Waals surface area contributed by atoms with Crippen LogP contribution in [0.3, 0.4) is 0 Å². The quantitative estimate of drug-likeness (QED) is 0.866. The van der Waals surface area contributed by atoms with Gasteiger partial charge < -0.3 is 10.5 Å². The molecule has 2 N–H and O–H groups in total. The van der Waals surface area contributed by atoms with Crippen LogP contribution in [0.2, 0.25) is 0 Å². The Morgan fingerprint density at radius 3 is 2.83 bits per heavy atom. The third kappa shape index (κ3) is 3.42. The number of aryl methyl sites for hydroxylation is 2. The molecule has 0 bridgehead atoms. The molecule has 1 aromatic carbocycles. The van der Waals surface area contributed by atoms with E-state index in [1.807, 2.05) is 51.1 Å². The van der Waals surface area contributed by atoms with Crippen LogP contribution < -0.4 is 5.73 Å². The fraction of sp³-hybridized carbons (Fsp3) is 0.368. The first-order valence-electron chi connectivity index (χ1n) is 7.99. The van der Waals surface area contributed by atoms with E-state index in [-0.39, 0.29) is 5.78 Å². The summed E-state index contributed by atoms with van der Waals surface area (Å²) in [5, 5.41) is 0. The van der Waals surface area contributed by atoms with Gasteiger partial charge in [0.25, 0.3) is 0 Å². The molecule has 5 heteroatoms. The number of Topliss-reactive ketones (excluding diaryl/α,β-unsaturated/α-hetero) is 1. The molecule has 4 nitrogen and oxygen atoms in total. The van der Waals surface area contributed by atoms with Gasteiger partial charge in [0.1, 0.15) is 18.0 Å². The van der Waals surface area contributed by atoms with Crippen LogP contribution in [0.4, 0.5) is 0 Å². The number of amidine groups is 1. The van der Waals surface area contributed by atoms with E-state index in [1.54, 1.807) is 11.3 Å². The molecule has 1 aliphatic heterocycles. The van der Waals surface area contributed by atoms with E-state index in [1.165, 1.54) is 4.88 Å². The summed E-state index contributed by atoms with van der Waals surface area (Å²) in [6, 6.07) is 9.98. The second kappa shape index (κ2) is 6.49. The lowest BCUT2D eigenvalue weighted by atomic mass is 9.90. The molecule has 0 spiro atoms. The van der Waals surface area contributed by atoms with Gasteiger partial charge in [0.15, 0.2) is 5.78 Å². The highest BCUT2D eigenvalue weighted by molar-refractivity contribution is 7.12. The maximum atomic E-state index is 12.6. The van der Waals surface area contributed by atoms with E-state index < -0.39 is 5.54 Å². The Hall–Kier alpha value is -1.98. The van der Waals surface area contributed by atoms with Crippen LogP contribution in [0.1, 0.15) is 38.2 Å². The Morgan fingerprint density at radius 1 is 1.38 bits per heavy atom. The Morgan fingerprint density at radius 2 is 2.17 bits per heavy atom. The van der Waals surface area contributed by atoms with Gasteiger partial charge in [-0.3, -0.25) is 9.79 Å². The van der Waals surface area contributed by atoms with Gasteiger partial charge in [-0.25, -0.2) is 0 Å². The van der Waals surface area contributed by atoms with Gasteiger partial charge in [0.05, 0.1) is 6.61 Å². The molecule has 2 heterocycles. The minimum Gasteiger partial charge on any atom is -0.386 e. The van der Waals surface area contributed by atoms with Crippen LogP contribution >= 0.6 is 11.3 Å². The number of ketones is 1. The summed E-state index contributed by atoms with van der Waals surface area (Å²) in [7, 11) is 0. The number of ether oxygens (including phenoxy) is 1. The normalized spacial score (nSPS) is 20.7. The predicted octanol–water partition coefficient (Wildman–Crippen LogP) is 3.39. The fourth-order valence-corrected chi connectivity index (χ4v) is 4.03. The maximum Gasteiger partial charge on any atom is 0.168 e. The topological polar surface area (TPSA) is 64.7 Å². The van der Waals surface area contributed by atoms with Gasteiger partial charge in [-0.1, -0.05) is 24.3 Å². The zero-order chi connectivity index (χ0) is 17.3. The zero-order valence-corrected chi connectivity index (χ0v) is 15.1. The summed E-state index contributed by atoms with van der Waals surface area (Å²) in [6.45, 7) is 6.91. The number of nitrogens with zero attached hydrogens (tertiary/aromatic N) is 1. The monoisotopic (exact) mass is 342 g/mol. The summed E-state index contributed by atoms with van der Waals surface area (Å²) >= 11 is 1.66.